The van der Waals surface area contributed by atoms with Crippen LogP contribution in [0.25, 0.3) is 0 Å². The molecule has 0 saturated carbocycles. The Morgan fingerprint density at radius 3 is 2.47 bits per heavy atom. The molecule has 2 rings (SSSR count). The third kappa shape index (κ3) is 2.21. The van der Waals surface area contributed by atoms with Crippen molar-refractivity contribution in [3.63, 3.8) is 0 Å². The zero-order valence-electron chi connectivity index (χ0n) is 8.82. The van der Waals surface area contributed by atoms with E-state index in [1.54, 1.807) is 0 Å². The molecule has 0 bridgehead atoms. The minimum atomic E-state index is -0.669. The van der Waals surface area contributed by atoms with Crippen LogP contribution in [-0.2, 0) is 9.53 Å². The van der Waals surface area contributed by atoms with Crippen LogP contribution in [0.2, 0.25) is 0 Å². The number of aliphatic carboxylic acids is 1. The predicted molar refractivity (Wildman–Crippen MR) is 55.7 cm³/mol. The number of hydrogen-bond donors (Lipinski definition) is 1. The predicted octanol–water partition coefficient (Wildman–Crippen LogP) is 0.740. The third-order valence-corrected chi connectivity index (χ3v) is 3.32. The summed E-state index contributed by atoms with van der Waals surface area (Å²) in [5.41, 5.74) is -0.579. The molecule has 4 heteroatoms. The lowest BCUT2D eigenvalue weighted by molar-refractivity contribution is -0.156. The molecule has 0 atom stereocenters. The first-order valence-corrected chi connectivity index (χ1v) is 5.41. The van der Waals surface area contributed by atoms with E-state index < -0.39 is 11.4 Å². The summed E-state index contributed by atoms with van der Waals surface area (Å²) in [4.78, 5) is 13.5. The van der Waals surface area contributed by atoms with Gasteiger partial charge in [-0.2, -0.15) is 0 Å². The Balaban J connectivity index is 2.01. The summed E-state index contributed by atoms with van der Waals surface area (Å²) in [5.74, 6) is -0.669. The van der Waals surface area contributed by atoms with Crippen LogP contribution in [0.15, 0.2) is 12.2 Å². The van der Waals surface area contributed by atoms with Crippen molar-refractivity contribution < 1.29 is 14.6 Å². The van der Waals surface area contributed by atoms with Crippen molar-refractivity contribution in [2.75, 3.05) is 32.8 Å². The van der Waals surface area contributed by atoms with Crippen molar-refractivity contribution in [1.29, 1.82) is 0 Å². The number of carboxylic acid groups (broad SMARTS) is 1. The molecule has 4 nitrogen and oxygen atoms in total. The topological polar surface area (TPSA) is 49.8 Å². The first-order valence-electron chi connectivity index (χ1n) is 5.41. The molecule has 0 aromatic carbocycles. The second kappa shape index (κ2) is 4.33. The highest BCUT2D eigenvalue weighted by molar-refractivity contribution is 5.75. The fourth-order valence-electron chi connectivity index (χ4n) is 2.28. The van der Waals surface area contributed by atoms with E-state index in [0.29, 0.717) is 32.6 Å². The van der Waals surface area contributed by atoms with Gasteiger partial charge in [-0.05, 0) is 12.8 Å². The van der Waals surface area contributed by atoms with Gasteiger partial charge in [-0.1, -0.05) is 12.2 Å². The quantitative estimate of drug-likeness (QED) is 0.699. The summed E-state index contributed by atoms with van der Waals surface area (Å²) in [6, 6.07) is 0. The van der Waals surface area contributed by atoms with Gasteiger partial charge in [0.25, 0.3) is 0 Å². The van der Waals surface area contributed by atoms with Crippen molar-refractivity contribution in [3.05, 3.63) is 12.2 Å². The van der Waals surface area contributed by atoms with Gasteiger partial charge in [0.05, 0.1) is 5.41 Å². The normalized spacial score (nSPS) is 25.6. The highest BCUT2D eigenvalue weighted by Crippen LogP contribution is 2.32. The lowest BCUT2D eigenvalue weighted by Gasteiger charge is -2.36. The molecule has 0 radical (unpaired) electrons. The van der Waals surface area contributed by atoms with E-state index in [9.17, 15) is 9.90 Å². The average Bonchev–Trinajstić information content (AvgIpc) is 2.71. The van der Waals surface area contributed by atoms with Gasteiger partial charge in [0, 0.05) is 32.8 Å². The average molecular weight is 211 g/mol. The third-order valence-electron chi connectivity index (χ3n) is 3.32. The smallest absolute Gasteiger partial charge is 0.311 e. The van der Waals surface area contributed by atoms with Crippen molar-refractivity contribution in [3.8, 4) is 0 Å². The lowest BCUT2D eigenvalue weighted by Crippen LogP contribution is -2.46. The number of carboxylic acids is 1. The van der Waals surface area contributed by atoms with E-state index in [1.165, 1.54) is 0 Å². The minimum absolute atomic E-state index is 0.577. The van der Waals surface area contributed by atoms with Crippen LogP contribution in [-0.4, -0.2) is 48.8 Å². The van der Waals surface area contributed by atoms with Gasteiger partial charge in [0.15, 0.2) is 0 Å². The first-order chi connectivity index (χ1) is 7.23. The van der Waals surface area contributed by atoms with Gasteiger partial charge in [-0.3, -0.25) is 9.69 Å². The SMILES string of the molecule is O=C(O)C1(CN2CC=CC2)CCOCC1. The zero-order chi connectivity index (χ0) is 10.7. The largest absolute Gasteiger partial charge is 0.481 e. The maximum Gasteiger partial charge on any atom is 0.311 e. The van der Waals surface area contributed by atoms with Gasteiger partial charge in [-0.15, -0.1) is 0 Å². The molecule has 0 amide bonds. The summed E-state index contributed by atoms with van der Waals surface area (Å²) in [6.07, 6.45) is 5.46. The van der Waals surface area contributed by atoms with Crippen LogP contribution in [0.4, 0.5) is 0 Å². The van der Waals surface area contributed by atoms with Crippen molar-refractivity contribution >= 4 is 5.97 Å². The Hall–Kier alpha value is -0.870. The molecule has 0 aliphatic carbocycles. The number of hydrogen-bond acceptors (Lipinski definition) is 3. The Labute approximate surface area is 89.5 Å². The Kier molecular flexibility index (Phi) is 3.07. The summed E-state index contributed by atoms with van der Waals surface area (Å²) in [7, 11) is 0. The molecule has 0 aromatic heterocycles. The maximum atomic E-state index is 11.4. The van der Waals surface area contributed by atoms with Crippen LogP contribution in [0, 0.1) is 5.41 Å². The number of carbonyl (C=O) groups is 1. The van der Waals surface area contributed by atoms with E-state index in [-0.39, 0.29) is 0 Å². The molecule has 0 aromatic rings. The highest BCUT2D eigenvalue weighted by atomic mass is 16.5. The Bertz CT molecular complexity index is 261. The summed E-state index contributed by atoms with van der Waals surface area (Å²) >= 11 is 0. The molecule has 84 valence electrons. The van der Waals surface area contributed by atoms with E-state index in [0.717, 1.165) is 13.1 Å². The van der Waals surface area contributed by atoms with Crippen molar-refractivity contribution in [1.82, 2.24) is 4.90 Å². The summed E-state index contributed by atoms with van der Waals surface area (Å²) in [5, 5.41) is 9.35. The summed E-state index contributed by atoms with van der Waals surface area (Å²) < 4.78 is 5.24. The molecule has 2 aliphatic rings. The molecule has 1 saturated heterocycles. The second-order valence-corrected chi connectivity index (χ2v) is 4.36. The Morgan fingerprint density at radius 1 is 1.33 bits per heavy atom. The molecule has 2 heterocycles. The highest BCUT2D eigenvalue weighted by Gasteiger charge is 2.41. The Morgan fingerprint density at radius 2 is 1.93 bits per heavy atom. The van der Waals surface area contributed by atoms with Gasteiger partial charge < -0.3 is 9.84 Å². The molecule has 0 unspecified atom stereocenters. The standard InChI is InChI=1S/C11H17NO3/c13-10(14)11(3-7-15-8-4-11)9-12-5-1-2-6-12/h1-2H,3-9H2,(H,13,14). The van der Waals surface area contributed by atoms with Crippen LogP contribution in [0.1, 0.15) is 12.8 Å². The number of nitrogens with zero attached hydrogens (tertiary/aromatic N) is 1. The van der Waals surface area contributed by atoms with Crippen molar-refractivity contribution in [2.45, 2.75) is 12.8 Å². The molecule has 15 heavy (non-hydrogen) atoms. The maximum absolute atomic E-state index is 11.4. The van der Waals surface area contributed by atoms with Crippen LogP contribution in [0.5, 0.6) is 0 Å². The van der Waals surface area contributed by atoms with E-state index in [4.69, 9.17) is 4.74 Å². The van der Waals surface area contributed by atoms with E-state index in [2.05, 4.69) is 17.1 Å². The lowest BCUT2D eigenvalue weighted by atomic mass is 9.80. The van der Waals surface area contributed by atoms with Gasteiger partial charge in [0.1, 0.15) is 0 Å². The molecule has 1 N–H and O–H groups in total. The molecule has 1 fully saturated rings. The fraction of sp³-hybridized carbons (Fsp3) is 0.727. The van der Waals surface area contributed by atoms with E-state index >= 15 is 0 Å². The van der Waals surface area contributed by atoms with Gasteiger partial charge in [0.2, 0.25) is 0 Å². The number of rotatable bonds is 3. The minimum Gasteiger partial charge on any atom is -0.481 e. The van der Waals surface area contributed by atoms with Gasteiger partial charge in [-0.25, -0.2) is 0 Å². The molecule has 0 spiro atoms. The molecular formula is C11H17NO3. The summed E-state index contributed by atoms with van der Waals surface area (Å²) in [6.45, 7) is 3.58. The molecule has 2 aliphatic heterocycles. The van der Waals surface area contributed by atoms with E-state index in [1.807, 2.05) is 0 Å². The monoisotopic (exact) mass is 211 g/mol. The first kappa shape index (κ1) is 10.6. The second-order valence-electron chi connectivity index (χ2n) is 4.36. The van der Waals surface area contributed by atoms with Crippen LogP contribution in [0.3, 0.4) is 0 Å². The van der Waals surface area contributed by atoms with Crippen LogP contribution >= 0.6 is 0 Å². The van der Waals surface area contributed by atoms with Crippen LogP contribution < -0.4 is 0 Å². The number of ether oxygens (including phenoxy) is 1. The zero-order valence-corrected chi connectivity index (χ0v) is 8.82. The molecular weight excluding hydrogens is 194 g/mol. The fourth-order valence-corrected chi connectivity index (χ4v) is 2.28. The van der Waals surface area contributed by atoms with Crippen molar-refractivity contribution in [2.24, 2.45) is 5.41 Å². The van der Waals surface area contributed by atoms with Gasteiger partial charge >= 0.3 is 5.97 Å².